The highest BCUT2D eigenvalue weighted by atomic mass is 35.5. The number of para-hydroxylation sites is 1. The fraction of sp³-hybridized carbons (Fsp3) is 0.143. The number of hydrogen-bond acceptors (Lipinski definition) is 2. The van der Waals surface area contributed by atoms with Gasteiger partial charge in [-0.05, 0) is 30.7 Å². The molecule has 0 fully saturated rings. The fourth-order valence-electron chi connectivity index (χ4n) is 1.92. The highest BCUT2D eigenvalue weighted by Crippen LogP contribution is 2.19. The van der Waals surface area contributed by atoms with E-state index in [1.54, 1.807) is 6.92 Å². The quantitative estimate of drug-likeness (QED) is 0.817. The lowest BCUT2D eigenvalue weighted by atomic mass is 10.1. The maximum Gasteiger partial charge on any atom is 0.226 e. The van der Waals surface area contributed by atoms with Gasteiger partial charge in [0.25, 0.3) is 0 Å². The number of carbonyl (C=O) groups is 1. The molecule has 0 saturated heterocycles. The number of halogens is 3. The summed E-state index contributed by atoms with van der Waals surface area (Å²) in [6, 6.07) is 4.68. The van der Waals surface area contributed by atoms with Crippen LogP contribution in [0.5, 0.6) is 0 Å². The molecule has 20 heavy (non-hydrogen) atoms. The summed E-state index contributed by atoms with van der Waals surface area (Å²) >= 11 is 5.25. The van der Waals surface area contributed by atoms with E-state index >= 15 is 0 Å². The number of aromatic nitrogens is 1. The Bertz CT molecular complexity index is 720. The molecule has 0 atom stereocenters. The Morgan fingerprint density at radius 2 is 1.90 bits per heavy atom. The number of pyridine rings is 1. The summed E-state index contributed by atoms with van der Waals surface area (Å²) in [5.41, 5.74) is -0.263. The van der Waals surface area contributed by atoms with Gasteiger partial charge in [0.05, 0.1) is 6.42 Å². The average Bonchev–Trinajstić information content (AvgIpc) is 2.33. The molecule has 0 bridgehead atoms. The molecule has 0 unspecified atom stereocenters. The van der Waals surface area contributed by atoms with Crippen LogP contribution in [0, 0.1) is 18.6 Å². The van der Waals surface area contributed by atoms with Crippen molar-refractivity contribution in [1.29, 1.82) is 0 Å². The molecule has 1 aromatic carbocycles. The van der Waals surface area contributed by atoms with E-state index < -0.39 is 22.3 Å². The summed E-state index contributed by atoms with van der Waals surface area (Å²) in [4.78, 5) is 22.6. The van der Waals surface area contributed by atoms with Gasteiger partial charge in [-0.1, -0.05) is 6.07 Å². The van der Waals surface area contributed by atoms with Crippen molar-refractivity contribution in [3.63, 3.8) is 0 Å². The molecule has 6 heteroatoms. The van der Waals surface area contributed by atoms with Gasteiger partial charge >= 0.3 is 0 Å². The average molecular weight is 298 g/mol. The van der Waals surface area contributed by atoms with E-state index in [4.69, 9.17) is 11.6 Å². The Labute approximate surface area is 118 Å². The zero-order valence-electron chi connectivity index (χ0n) is 10.5. The lowest BCUT2D eigenvalue weighted by Gasteiger charge is -2.13. The normalized spacial score (nSPS) is 10.6. The third kappa shape index (κ3) is 2.77. The van der Waals surface area contributed by atoms with Gasteiger partial charge in [0, 0.05) is 23.5 Å². The smallest absolute Gasteiger partial charge is 0.226 e. The fourth-order valence-corrected chi connectivity index (χ4v) is 2.06. The maximum atomic E-state index is 13.8. The lowest BCUT2D eigenvalue weighted by molar-refractivity contribution is -0.111. The maximum absolute atomic E-state index is 13.8. The van der Waals surface area contributed by atoms with Crippen molar-refractivity contribution in [3.05, 3.63) is 63.6 Å². The number of carbonyl (C=O) groups excluding carboxylic acids is 1. The van der Waals surface area contributed by atoms with Gasteiger partial charge in [0.1, 0.15) is 17.3 Å². The molecule has 0 saturated carbocycles. The first-order valence-corrected chi connectivity index (χ1v) is 6.13. The monoisotopic (exact) mass is 297 g/mol. The lowest BCUT2D eigenvalue weighted by Crippen LogP contribution is -2.17. The van der Waals surface area contributed by atoms with Gasteiger partial charge in [0.2, 0.25) is 5.24 Å². The van der Waals surface area contributed by atoms with Crippen molar-refractivity contribution in [3.8, 4) is 5.69 Å². The largest absolute Gasteiger partial charge is 0.316 e. The van der Waals surface area contributed by atoms with Crippen LogP contribution >= 0.6 is 11.6 Å². The minimum absolute atomic E-state index is 0.0817. The first-order valence-electron chi connectivity index (χ1n) is 5.75. The van der Waals surface area contributed by atoms with Gasteiger partial charge in [0.15, 0.2) is 5.43 Å². The van der Waals surface area contributed by atoms with Gasteiger partial charge in [-0.25, -0.2) is 8.78 Å². The van der Waals surface area contributed by atoms with E-state index in [9.17, 15) is 18.4 Å². The molecule has 3 nitrogen and oxygen atoms in total. The predicted octanol–water partition coefficient (Wildman–Crippen LogP) is 2.73. The summed E-state index contributed by atoms with van der Waals surface area (Å²) in [5, 5.41) is -0.716. The van der Waals surface area contributed by atoms with Crippen LogP contribution < -0.4 is 5.43 Å². The van der Waals surface area contributed by atoms with Crippen molar-refractivity contribution in [2.45, 2.75) is 13.3 Å². The molecule has 0 amide bonds. The first kappa shape index (κ1) is 14.4. The van der Waals surface area contributed by atoms with Crippen molar-refractivity contribution < 1.29 is 13.6 Å². The molecule has 0 aliphatic carbocycles. The van der Waals surface area contributed by atoms with Gasteiger partial charge in [-0.15, -0.1) is 0 Å². The molecule has 1 heterocycles. The highest BCUT2D eigenvalue weighted by Gasteiger charge is 2.14. The van der Waals surface area contributed by atoms with Gasteiger partial charge in [-0.2, -0.15) is 0 Å². The molecule has 2 aromatic rings. The molecule has 0 radical (unpaired) electrons. The van der Waals surface area contributed by atoms with Crippen LogP contribution in [0.3, 0.4) is 0 Å². The Kier molecular flexibility index (Phi) is 3.99. The Morgan fingerprint density at radius 1 is 1.30 bits per heavy atom. The van der Waals surface area contributed by atoms with Crippen molar-refractivity contribution in [2.24, 2.45) is 0 Å². The minimum Gasteiger partial charge on any atom is -0.316 e. The second-order valence-corrected chi connectivity index (χ2v) is 4.70. The summed E-state index contributed by atoms with van der Waals surface area (Å²) in [6.07, 6.45) is 0.941. The topological polar surface area (TPSA) is 39.1 Å². The van der Waals surface area contributed by atoms with Crippen LogP contribution in [0.1, 0.15) is 11.3 Å². The van der Waals surface area contributed by atoms with Crippen LogP contribution in [-0.4, -0.2) is 9.81 Å². The Balaban J connectivity index is 2.68. The third-order valence-corrected chi connectivity index (χ3v) is 2.96. The molecule has 0 N–H and O–H groups in total. The summed E-state index contributed by atoms with van der Waals surface area (Å²) < 4.78 is 28.8. The molecule has 1 aromatic heterocycles. The van der Waals surface area contributed by atoms with E-state index in [2.05, 4.69) is 0 Å². The van der Waals surface area contributed by atoms with E-state index in [0.717, 1.165) is 12.1 Å². The number of benzene rings is 1. The zero-order valence-corrected chi connectivity index (χ0v) is 11.2. The van der Waals surface area contributed by atoms with E-state index in [1.165, 1.54) is 22.9 Å². The standard InChI is InChI=1S/C14H10ClF2NO2/c1-8-5-12(19)9(6-13(15)20)7-18(8)14-10(16)3-2-4-11(14)17/h2-5,7H,6H2,1H3. The molecule has 0 aliphatic rings. The minimum atomic E-state index is -0.764. The summed E-state index contributed by atoms with van der Waals surface area (Å²) in [7, 11) is 0. The van der Waals surface area contributed by atoms with Crippen LogP contribution in [0.2, 0.25) is 0 Å². The van der Waals surface area contributed by atoms with Crippen LogP contribution in [0.15, 0.2) is 35.3 Å². The first-order chi connectivity index (χ1) is 9.40. The molecular weight excluding hydrogens is 288 g/mol. The van der Waals surface area contributed by atoms with Crippen LogP contribution in [0.25, 0.3) is 5.69 Å². The number of nitrogens with zero attached hydrogens (tertiary/aromatic N) is 1. The molecule has 2 rings (SSSR count). The van der Waals surface area contributed by atoms with Crippen LogP contribution in [-0.2, 0) is 11.2 Å². The van der Waals surface area contributed by atoms with E-state index in [0.29, 0.717) is 5.69 Å². The van der Waals surface area contributed by atoms with Crippen LogP contribution in [0.4, 0.5) is 8.78 Å². The number of aryl methyl sites for hydroxylation is 1. The summed E-state index contributed by atoms with van der Waals surface area (Å²) in [6.45, 7) is 1.54. The van der Waals surface area contributed by atoms with Gasteiger partial charge < -0.3 is 4.57 Å². The number of rotatable bonds is 3. The SMILES string of the molecule is Cc1cc(=O)c(CC(=O)Cl)cn1-c1c(F)cccc1F. The van der Waals surface area contributed by atoms with Crippen molar-refractivity contribution >= 4 is 16.8 Å². The van der Waals surface area contributed by atoms with E-state index in [-0.39, 0.29) is 17.7 Å². The number of hydrogen-bond donors (Lipinski definition) is 0. The third-order valence-electron chi connectivity index (χ3n) is 2.83. The van der Waals surface area contributed by atoms with E-state index in [1.807, 2.05) is 0 Å². The van der Waals surface area contributed by atoms with Crippen molar-refractivity contribution in [1.82, 2.24) is 4.57 Å². The second kappa shape index (κ2) is 5.54. The second-order valence-electron chi connectivity index (χ2n) is 4.28. The molecule has 0 spiro atoms. The van der Waals surface area contributed by atoms with Crippen molar-refractivity contribution in [2.75, 3.05) is 0 Å². The Hall–Kier alpha value is -2.01. The molecular formula is C14H10ClF2NO2. The highest BCUT2D eigenvalue weighted by molar-refractivity contribution is 6.63. The molecule has 104 valence electrons. The summed E-state index contributed by atoms with van der Waals surface area (Å²) in [5.74, 6) is -1.53. The molecule has 0 aliphatic heterocycles. The van der Waals surface area contributed by atoms with Gasteiger partial charge in [-0.3, -0.25) is 9.59 Å². The predicted molar refractivity (Wildman–Crippen MR) is 71.3 cm³/mol. The zero-order chi connectivity index (χ0) is 14.9. The Morgan fingerprint density at radius 3 is 2.45 bits per heavy atom.